The van der Waals surface area contributed by atoms with Gasteiger partial charge in [-0.3, -0.25) is 0 Å². The molecule has 3 heterocycles. The molecule has 0 fully saturated rings. The third-order valence-electron chi connectivity index (χ3n) is 5.97. The highest BCUT2D eigenvalue weighted by Gasteiger charge is 2.26. The lowest BCUT2D eigenvalue weighted by molar-refractivity contribution is 0.0697. The van der Waals surface area contributed by atoms with E-state index in [-0.39, 0.29) is 5.56 Å². The predicted octanol–water partition coefficient (Wildman–Crippen LogP) is 6.48. The zero-order chi connectivity index (χ0) is 22.5. The molecule has 0 saturated heterocycles. The summed E-state index contributed by atoms with van der Waals surface area (Å²) in [5.74, 6) is 0.223. The Bertz CT molecular complexity index is 1530. The number of rotatable bonds is 3. The molecule has 0 bridgehead atoms. The van der Waals surface area contributed by atoms with Gasteiger partial charge in [0.15, 0.2) is 11.6 Å². The summed E-state index contributed by atoms with van der Waals surface area (Å²) in [4.78, 5) is 23.4. The van der Waals surface area contributed by atoms with Crippen LogP contribution < -0.4 is 4.90 Å². The molecule has 3 aromatic carbocycles. The van der Waals surface area contributed by atoms with Gasteiger partial charge in [-0.15, -0.1) is 0 Å². The van der Waals surface area contributed by atoms with E-state index in [9.17, 15) is 9.90 Å². The fourth-order valence-corrected chi connectivity index (χ4v) is 4.56. The SMILES string of the molecule is O=C(O)c1ccc2nc(-c3cc4ccccc4o3)c(N3CCCc4ccc(Cl)cc43)nc2c1. The summed E-state index contributed by atoms with van der Waals surface area (Å²) < 4.78 is 6.16. The van der Waals surface area contributed by atoms with Gasteiger partial charge in [0.25, 0.3) is 0 Å². The molecule has 162 valence electrons. The highest BCUT2D eigenvalue weighted by Crippen LogP contribution is 2.40. The van der Waals surface area contributed by atoms with Gasteiger partial charge in [0.1, 0.15) is 11.3 Å². The molecule has 0 spiro atoms. The molecule has 0 unspecified atom stereocenters. The summed E-state index contributed by atoms with van der Waals surface area (Å²) in [7, 11) is 0. The molecule has 0 radical (unpaired) electrons. The van der Waals surface area contributed by atoms with Crippen molar-refractivity contribution >= 4 is 51.1 Å². The van der Waals surface area contributed by atoms with Crippen molar-refractivity contribution in [3.8, 4) is 11.5 Å². The fraction of sp³-hybridized carbons (Fsp3) is 0.115. The van der Waals surface area contributed by atoms with Crippen LogP contribution in [0.3, 0.4) is 0 Å². The second kappa shape index (κ2) is 7.60. The van der Waals surface area contributed by atoms with Crippen LogP contribution in [0.25, 0.3) is 33.5 Å². The number of carboxylic acids is 1. The normalized spacial score (nSPS) is 13.4. The van der Waals surface area contributed by atoms with E-state index in [1.54, 1.807) is 12.1 Å². The van der Waals surface area contributed by atoms with E-state index in [2.05, 4.69) is 4.90 Å². The number of halogens is 1. The van der Waals surface area contributed by atoms with Gasteiger partial charge in [-0.2, -0.15) is 0 Å². The third kappa shape index (κ3) is 3.39. The number of fused-ring (bicyclic) bond motifs is 3. The summed E-state index contributed by atoms with van der Waals surface area (Å²) in [6, 6.07) is 20.4. The number of hydrogen-bond donors (Lipinski definition) is 1. The summed E-state index contributed by atoms with van der Waals surface area (Å²) in [6.07, 6.45) is 1.90. The van der Waals surface area contributed by atoms with E-state index in [1.807, 2.05) is 48.5 Å². The van der Waals surface area contributed by atoms with Gasteiger partial charge in [0, 0.05) is 22.6 Å². The molecule has 33 heavy (non-hydrogen) atoms. The molecule has 2 aromatic heterocycles. The van der Waals surface area contributed by atoms with Crippen molar-refractivity contribution in [1.29, 1.82) is 0 Å². The first-order chi connectivity index (χ1) is 16.1. The van der Waals surface area contributed by atoms with E-state index in [1.165, 1.54) is 11.6 Å². The van der Waals surface area contributed by atoms with Crippen LogP contribution >= 0.6 is 11.6 Å². The number of aryl methyl sites for hydroxylation is 1. The van der Waals surface area contributed by atoms with Gasteiger partial charge >= 0.3 is 5.97 Å². The minimum Gasteiger partial charge on any atom is -0.478 e. The number of para-hydroxylation sites is 1. The molecule has 6 nitrogen and oxygen atoms in total. The van der Waals surface area contributed by atoms with Crippen molar-refractivity contribution in [3.63, 3.8) is 0 Å². The molecule has 0 saturated carbocycles. The first-order valence-corrected chi connectivity index (χ1v) is 11.0. The topological polar surface area (TPSA) is 79.5 Å². The Morgan fingerprint density at radius 2 is 1.88 bits per heavy atom. The number of benzene rings is 3. The van der Waals surface area contributed by atoms with Gasteiger partial charge in [-0.1, -0.05) is 35.9 Å². The highest BCUT2D eigenvalue weighted by molar-refractivity contribution is 6.31. The van der Waals surface area contributed by atoms with Crippen molar-refractivity contribution in [2.45, 2.75) is 12.8 Å². The average Bonchev–Trinajstić information content (AvgIpc) is 3.26. The number of hydrogen-bond acceptors (Lipinski definition) is 5. The van der Waals surface area contributed by atoms with Gasteiger partial charge in [-0.25, -0.2) is 14.8 Å². The lowest BCUT2D eigenvalue weighted by Gasteiger charge is -2.31. The second-order valence-electron chi connectivity index (χ2n) is 8.08. The zero-order valence-electron chi connectivity index (χ0n) is 17.5. The number of aromatic nitrogens is 2. The number of anilines is 2. The molecule has 7 heteroatoms. The van der Waals surface area contributed by atoms with E-state index in [0.717, 1.165) is 36.0 Å². The van der Waals surface area contributed by atoms with Crippen molar-refractivity contribution in [3.05, 3.63) is 82.9 Å². The molecular formula is C26H18ClN3O3. The standard InChI is InChI=1S/C26H18ClN3O3/c27-18-9-7-15-5-3-11-30(21(15)14-18)25-24(23-13-16-4-1-2-6-22(16)33-23)28-19-10-8-17(26(31)32)12-20(19)29-25/h1-2,4,6-10,12-14H,3,5,11H2,(H,31,32). The highest BCUT2D eigenvalue weighted by atomic mass is 35.5. The van der Waals surface area contributed by atoms with E-state index >= 15 is 0 Å². The monoisotopic (exact) mass is 455 g/mol. The Kier molecular flexibility index (Phi) is 4.55. The van der Waals surface area contributed by atoms with Crippen molar-refractivity contribution in [2.75, 3.05) is 11.4 Å². The van der Waals surface area contributed by atoms with Crippen LogP contribution in [0.5, 0.6) is 0 Å². The summed E-state index contributed by atoms with van der Waals surface area (Å²) in [5, 5.41) is 11.1. The van der Waals surface area contributed by atoms with Crippen LogP contribution in [-0.2, 0) is 6.42 Å². The van der Waals surface area contributed by atoms with E-state index in [0.29, 0.717) is 33.3 Å². The maximum Gasteiger partial charge on any atom is 0.335 e. The number of carboxylic acid groups (broad SMARTS) is 1. The Labute approximate surface area is 194 Å². The predicted molar refractivity (Wildman–Crippen MR) is 128 cm³/mol. The summed E-state index contributed by atoms with van der Waals surface area (Å²) >= 11 is 6.34. The third-order valence-corrected chi connectivity index (χ3v) is 6.21. The van der Waals surface area contributed by atoms with Crippen LogP contribution in [0.15, 0.2) is 71.1 Å². The molecule has 0 atom stereocenters. The number of furan rings is 1. The number of carbonyl (C=O) groups is 1. The smallest absolute Gasteiger partial charge is 0.335 e. The van der Waals surface area contributed by atoms with Crippen molar-refractivity contribution < 1.29 is 14.3 Å². The molecule has 0 amide bonds. The van der Waals surface area contributed by atoms with Crippen LogP contribution in [0.1, 0.15) is 22.3 Å². The maximum absolute atomic E-state index is 11.5. The molecule has 6 rings (SSSR count). The first kappa shape index (κ1) is 19.8. The van der Waals surface area contributed by atoms with Gasteiger partial charge < -0.3 is 14.4 Å². The largest absolute Gasteiger partial charge is 0.478 e. The van der Waals surface area contributed by atoms with Gasteiger partial charge in [0.05, 0.1) is 16.6 Å². The lowest BCUT2D eigenvalue weighted by atomic mass is 10.0. The quantitative estimate of drug-likeness (QED) is 0.335. The molecule has 0 aliphatic carbocycles. The van der Waals surface area contributed by atoms with Crippen LogP contribution in [0, 0.1) is 0 Å². The fourth-order valence-electron chi connectivity index (χ4n) is 4.40. The molecular weight excluding hydrogens is 438 g/mol. The summed E-state index contributed by atoms with van der Waals surface area (Å²) in [6.45, 7) is 0.735. The molecule has 5 aromatic rings. The van der Waals surface area contributed by atoms with E-state index in [4.69, 9.17) is 26.0 Å². The van der Waals surface area contributed by atoms with Gasteiger partial charge in [0.2, 0.25) is 0 Å². The zero-order valence-corrected chi connectivity index (χ0v) is 18.2. The Morgan fingerprint density at radius 3 is 2.73 bits per heavy atom. The number of nitrogens with zero attached hydrogens (tertiary/aromatic N) is 3. The van der Waals surface area contributed by atoms with Crippen molar-refractivity contribution in [2.24, 2.45) is 0 Å². The Morgan fingerprint density at radius 1 is 1.00 bits per heavy atom. The molecule has 1 aliphatic heterocycles. The van der Waals surface area contributed by atoms with Gasteiger partial charge in [-0.05, 0) is 60.9 Å². The van der Waals surface area contributed by atoms with Crippen LogP contribution in [0.2, 0.25) is 5.02 Å². The second-order valence-corrected chi connectivity index (χ2v) is 8.52. The van der Waals surface area contributed by atoms with Crippen LogP contribution in [0.4, 0.5) is 11.5 Å². The lowest BCUT2D eigenvalue weighted by Crippen LogP contribution is -2.26. The van der Waals surface area contributed by atoms with Crippen molar-refractivity contribution in [1.82, 2.24) is 9.97 Å². The molecule has 1 N–H and O–H groups in total. The minimum absolute atomic E-state index is 0.168. The number of aromatic carboxylic acids is 1. The minimum atomic E-state index is -1.00. The Hall–Kier alpha value is -3.90. The first-order valence-electron chi connectivity index (χ1n) is 10.7. The maximum atomic E-state index is 11.5. The van der Waals surface area contributed by atoms with Crippen LogP contribution in [-0.4, -0.2) is 27.6 Å². The summed E-state index contributed by atoms with van der Waals surface area (Å²) in [5.41, 5.74) is 4.82. The molecule has 1 aliphatic rings. The Balaban J connectivity index is 1.62. The van der Waals surface area contributed by atoms with E-state index < -0.39 is 5.97 Å². The average molecular weight is 456 g/mol.